The number of amides is 2. The smallest absolute Gasteiger partial charge is 0.323 e. The Bertz CT molecular complexity index is 976. The van der Waals surface area contributed by atoms with E-state index in [1.54, 1.807) is 23.0 Å². The molecule has 1 aliphatic rings. The number of aromatic nitrogens is 3. The normalized spacial score (nSPS) is 14.5. The lowest BCUT2D eigenvalue weighted by molar-refractivity contribution is 0.245. The van der Waals surface area contributed by atoms with Gasteiger partial charge in [-0.05, 0) is 23.8 Å². The van der Waals surface area contributed by atoms with Crippen LogP contribution < -0.4 is 20.3 Å². The molecule has 0 fully saturated rings. The maximum Gasteiger partial charge on any atom is 0.323 e. The number of benzene rings is 1. The summed E-state index contributed by atoms with van der Waals surface area (Å²) < 4.78 is 20.0. The first-order valence-corrected chi connectivity index (χ1v) is 9.16. The predicted molar refractivity (Wildman–Crippen MR) is 104 cm³/mol. The van der Waals surface area contributed by atoms with Crippen LogP contribution in [0.4, 0.5) is 15.0 Å². The van der Waals surface area contributed by atoms with Gasteiger partial charge in [0.05, 0.1) is 6.20 Å². The number of hydrogen-bond acceptors (Lipinski definition) is 5. The highest BCUT2D eigenvalue weighted by Crippen LogP contribution is 2.28. The molecule has 4 bridgehead atoms. The van der Waals surface area contributed by atoms with E-state index in [1.165, 1.54) is 4.90 Å². The van der Waals surface area contributed by atoms with Gasteiger partial charge in [0.15, 0.2) is 5.65 Å². The van der Waals surface area contributed by atoms with Gasteiger partial charge in [-0.2, -0.15) is 5.10 Å². The Labute approximate surface area is 161 Å². The minimum absolute atomic E-state index is 0.0381. The van der Waals surface area contributed by atoms with E-state index in [0.717, 1.165) is 16.9 Å². The van der Waals surface area contributed by atoms with Gasteiger partial charge in [-0.1, -0.05) is 12.1 Å². The number of anilines is 1. The van der Waals surface area contributed by atoms with E-state index in [-0.39, 0.29) is 12.6 Å². The third-order valence-electron chi connectivity index (χ3n) is 4.45. The average Bonchev–Trinajstić information content (AvgIpc) is 3.14. The minimum atomic E-state index is -0.620. The average molecular weight is 384 g/mol. The molecule has 9 heteroatoms. The van der Waals surface area contributed by atoms with Crippen molar-refractivity contribution in [2.24, 2.45) is 0 Å². The van der Waals surface area contributed by atoms with E-state index in [9.17, 15) is 9.18 Å². The molecule has 146 valence electrons. The lowest BCUT2D eigenvalue weighted by atomic mass is 10.1. The lowest BCUT2D eigenvalue weighted by Gasteiger charge is -2.22. The molecule has 8 nitrogen and oxygen atoms in total. The van der Waals surface area contributed by atoms with Gasteiger partial charge in [0, 0.05) is 37.9 Å². The molecule has 1 aromatic carbocycles. The summed E-state index contributed by atoms with van der Waals surface area (Å²) in [4.78, 5) is 18.7. The number of hydrogen-bond donors (Lipinski definition) is 2. The Morgan fingerprint density at radius 1 is 1.32 bits per heavy atom. The van der Waals surface area contributed by atoms with Crippen LogP contribution in [0, 0.1) is 0 Å². The molecule has 1 aliphatic heterocycles. The second-order valence-corrected chi connectivity index (χ2v) is 6.31. The molecule has 3 aromatic rings. The molecule has 0 atom stereocenters. The molecule has 0 aliphatic carbocycles. The van der Waals surface area contributed by atoms with E-state index < -0.39 is 6.67 Å². The summed E-state index contributed by atoms with van der Waals surface area (Å²) in [5.74, 6) is 1.26. The Morgan fingerprint density at radius 3 is 3.14 bits per heavy atom. The van der Waals surface area contributed by atoms with E-state index in [1.807, 2.05) is 24.3 Å². The largest absolute Gasteiger partial charge is 0.492 e. The standard InChI is InChI=1S/C19H21FN6O2/c20-5-6-22-19(27)25-10-7-21-8-11-28-15-3-1-2-14(12-15)16-13-23-26-9-4-17(25)24-18(16)26/h1-4,9,12-13,21H,5-8,10-11H2,(H,22,27). The highest BCUT2D eigenvalue weighted by Gasteiger charge is 2.19. The molecule has 2 N–H and O–H groups in total. The fourth-order valence-corrected chi connectivity index (χ4v) is 3.09. The van der Waals surface area contributed by atoms with Gasteiger partial charge in [0.25, 0.3) is 0 Å². The van der Waals surface area contributed by atoms with Crippen LogP contribution in [0.5, 0.6) is 5.75 Å². The Morgan fingerprint density at radius 2 is 2.25 bits per heavy atom. The molecule has 3 heterocycles. The van der Waals surface area contributed by atoms with Gasteiger partial charge < -0.3 is 15.4 Å². The first kappa shape index (κ1) is 18.2. The molecular formula is C19H21FN6O2. The Balaban J connectivity index is 1.78. The Hall–Kier alpha value is -3.20. The fraction of sp³-hybridized carbons (Fsp3) is 0.316. The van der Waals surface area contributed by atoms with Crippen molar-refractivity contribution in [1.29, 1.82) is 0 Å². The second-order valence-electron chi connectivity index (χ2n) is 6.31. The van der Waals surface area contributed by atoms with Gasteiger partial charge in [-0.25, -0.2) is 18.7 Å². The lowest BCUT2D eigenvalue weighted by Crippen LogP contribution is -2.44. The Kier molecular flexibility index (Phi) is 5.34. The zero-order valence-electron chi connectivity index (χ0n) is 15.3. The summed E-state index contributed by atoms with van der Waals surface area (Å²) in [5, 5.41) is 10.2. The summed E-state index contributed by atoms with van der Waals surface area (Å²) >= 11 is 0. The third kappa shape index (κ3) is 3.74. The zero-order chi connectivity index (χ0) is 19.3. The molecule has 0 unspecified atom stereocenters. The number of carbonyl (C=O) groups is 1. The first-order valence-electron chi connectivity index (χ1n) is 9.16. The molecule has 28 heavy (non-hydrogen) atoms. The summed E-state index contributed by atoms with van der Waals surface area (Å²) in [6, 6.07) is 9.09. The number of nitrogens with one attached hydrogen (secondary N) is 2. The van der Waals surface area contributed by atoms with Crippen molar-refractivity contribution in [3.05, 3.63) is 42.7 Å². The van der Waals surface area contributed by atoms with Crippen LogP contribution in [0.3, 0.4) is 0 Å². The van der Waals surface area contributed by atoms with Gasteiger partial charge >= 0.3 is 6.03 Å². The maximum atomic E-state index is 12.5. The van der Waals surface area contributed by atoms with E-state index in [0.29, 0.717) is 37.7 Å². The molecule has 0 saturated heterocycles. The van der Waals surface area contributed by atoms with E-state index in [4.69, 9.17) is 4.74 Å². The SMILES string of the molecule is O=C(NCCF)N1CCNCCOc2cccc(c2)-c2cnn3ccc1nc23. The van der Waals surface area contributed by atoms with Crippen LogP contribution in [0.1, 0.15) is 0 Å². The number of ether oxygens (including phenoxy) is 1. The number of nitrogens with zero attached hydrogens (tertiary/aromatic N) is 4. The van der Waals surface area contributed by atoms with Gasteiger partial charge in [0.2, 0.25) is 0 Å². The number of rotatable bonds is 2. The molecule has 0 spiro atoms. The summed E-state index contributed by atoms with van der Waals surface area (Å²) in [5.41, 5.74) is 2.39. The first-order chi connectivity index (χ1) is 13.8. The number of alkyl halides is 1. The van der Waals surface area contributed by atoms with Crippen molar-refractivity contribution >= 4 is 17.5 Å². The van der Waals surface area contributed by atoms with E-state index in [2.05, 4.69) is 20.7 Å². The van der Waals surface area contributed by atoms with Crippen LogP contribution in [0.15, 0.2) is 42.7 Å². The summed E-state index contributed by atoms with van der Waals surface area (Å²) in [6.45, 7) is 1.41. The maximum absolute atomic E-state index is 12.5. The number of fused-ring (bicyclic) bond motifs is 4. The quantitative estimate of drug-likeness (QED) is 0.705. The van der Waals surface area contributed by atoms with Crippen molar-refractivity contribution in [3.8, 4) is 16.9 Å². The highest BCUT2D eigenvalue weighted by molar-refractivity contribution is 5.91. The number of halogens is 1. The molecular weight excluding hydrogens is 363 g/mol. The molecule has 2 aromatic heterocycles. The highest BCUT2D eigenvalue weighted by atomic mass is 19.1. The topological polar surface area (TPSA) is 83.8 Å². The molecule has 2 amide bonds. The zero-order valence-corrected chi connectivity index (χ0v) is 15.3. The molecule has 0 radical (unpaired) electrons. The monoisotopic (exact) mass is 384 g/mol. The van der Waals surface area contributed by atoms with Crippen LogP contribution in [0.2, 0.25) is 0 Å². The number of carbonyl (C=O) groups excluding carboxylic acids is 1. The van der Waals surface area contributed by atoms with E-state index >= 15 is 0 Å². The predicted octanol–water partition coefficient (Wildman–Crippen LogP) is 1.86. The van der Waals surface area contributed by atoms with Crippen molar-refractivity contribution in [3.63, 3.8) is 0 Å². The molecule has 0 saturated carbocycles. The van der Waals surface area contributed by atoms with Crippen LogP contribution in [-0.4, -0.2) is 60.1 Å². The molecule has 4 rings (SSSR count). The van der Waals surface area contributed by atoms with Crippen molar-refractivity contribution in [2.45, 2.75) is 0 Å². The third-order valence-corrected chi connectivity index (χ3v) is 4.45. The minimum Gasteiger partial charge on any atom is -0.492 e. The number of urea groups is 1. The fourth-order valence-electron chi connectivity index (χ4n) is 3.09. The second kappa shape index (κ2) is 8.22. The van der Waals surface area contributed by atoms with Crippen LogP contribution in [-0.2, 0) is 0 Å². The summed E-state index contributed by atoms with van der Waals surface area (Å²) in [6.07, 6.45) is 3.50. The van der Waals surface area contributed by atoms with Crippen molar-refractivity contribution in [1.82, 2.24) is 25.2 Å². The van der Waals surface area contributed by atoms with Gasteiger partial charge in [-0.15, -0.1) is 0 Å². The van der Waals surface area contributed by atoms with Crippen molar-refractivity contribution in [2.75, 3.05) is 44.4 Å². The van der Waals surface area contributed by atoms with Crippen LogP contribution in [0.25, 0.3) is 16.8 Å². The van der Waals surface area contributed by atoms with Crippen molar-refractivity contribution < 1.29 is 13.9 Å². The van der Waals surface area contributed by atoms with Gasteiger partial charge in [0.1, 0.15) is 24.8 Å². The van der Waals surface area contributed by atoms with Crippen LogP contribution >= 0.6 is 0 Å². The summed E-state index contributed by atoms with van der Waals surface area (Å²) in [7, 11) is 0. The van der Waals surface area contributed by atoms with Gasteiger partial charge in [-0.3, -0.25) is 4.90 Å².